The van der Waals surface area contributed by atoms with Crippen molar-refractivity contribution in [3.63, 3.8) is 0 Å². The number of carbonyl (C=O) groups excluding carboxylic acids is 1. The molecule has 1 aliphatic rings. The topological polar surface area (TPSA) is 129 Å². The Balaban J connectivity index is 1.96. The minimum Gasteiger partial charge on any atom is -0.495 e. The molecular weight excluding hydrogens is 364 g/mol. The molecule has 0 radical (unpaired) electrons. The second-order valence-electron chi connectivity index (χ2n) is 6.11. The number of benzene rings is 1. The van der Waals surface area contributed by atoms with Gasteiger partial charge in [0.05, 0.1) is 18.4 Å². The Bertz CT molecular complexity index is 988. The number of ether oxygens (including phenoxy) is 1. The second-order valence-corrected chi connectivity index (χ2v) is 6.11. The molecule has 8 nitrogen and oxygen atoms in total. The monoisotopic (exact) mass is 382 g/mol. The van der Waals surface area contributed by atoms with E-state index in [-0.39, 0.29) is 12.3 Å². The van der Waals surface area contributed by atoms with Crippen molar-refractivity contribution in [2.75, 3.05) is 12.4 Å². The third-order valence-corrected chi connectivity index (χ3v) is 4.37. The summed E-state index contributed by atoms with van der Waals surface area (Å²) >= 11 is 0. The zero-order valence-corrected chi connectivity index (χ0v) is 14.9. The van der Waals surface area contributed by atoms with E-state index in [2.05, 4.69) is 10.3 Å². The third kappa shape index (κ3) is 3.66. The highest BCUT2D eigenvalue weighted by Gasteiger charge is 2.27. The average Bonchev–Trinajstić information content (AvgIpc) is 3.22. The van der Waals surface area contributed by atoms with Crippen LogP contribution in [0, 0.1) is 5.92 Å². The van der Waals surface area contributed by atoms with Gasteiger partial charge < -0.3 is 25.3 Å². The Labute approximate surface area is 160 Å². The molecule has 3 rings (SSSR count). The third-order valence-electron chi connectivity index (χ3n) is 4.37. The molecule has 4 N–H and O–H groups in total. The maximum atomic E-state index is 12.5. The Morgan fingerprint density at radius 1 is 1.21 bits per heavy atom. The average molecular weight is 382 g/mol. The molecule has 0 saturated heterocycles. The highest BCUT2D eigenvalue weighted by Crippen LogP contribution is 2.37. The number of H-pyrrole nitrogens is 1. The van der Waals surface area contributed by atoms with Crippen LogP contribution in [0.3, 0.4) is 0 Å². The van der Waals surface area contributed by atoms with Gasteiger partial charge in [0, 0.05) is 17.4 Å². The lowest BCUT2D eigenvalue weighted by molar-refractivity contribution is -0.154. The Kier molecular flexibility index (Phi) is 5.30. The van der Waals surface area contributed by atoms with Crippen LogP contribution >= 0.6 is 0 Å². The lowest BCUT2D eigenvalue weighted by Gasteiger charge is -2.06. The second kappa shape index (κ2) is 7.83. The highest BCUT2D eigenvalue weighted by atomic mass is 16.5. The first kappa shape index (κ1) is 19.0. The van der Waals surface area contributed by atoms with Gasteiger partial charge in [0.15, 0.2) is 5.92 Å². The van der Waals surface area contributed by atoms with E-state index in [0.717, 1.165) is 0 Å². The van der Waals surface area contributed by atoms with Crippen LogP contribution in [0.1, 0.15) is 23.2 Å². The van der Waals surface area contributed by atoms with Gasteiger partial charge in [0.25, 0.3) is 5.91 Å². The summed E-state index contributed by atoms with van der Waals surface area (Å²) in [5.74, 6) is -4.00. The molecule has 144 valence electrons. The molecule has 0 unspecified atom stereocenters. The largest absolute Gasteiger partial charge is 0.495 e. The number of aliphatic carboxylic acids is 2. The maximum Gasteiger partial charge on any atom is 0.318 e. The van der Waals surface area contributed by atoms with E-state index in [1.165, 1.54) is 13.2 Å². The van der Waals surface area contributed by atoms with E-state index in [0.29, 0.717) is 33.8 Å². The van der Waals surface area contributed by atoms with Crippen LogP contribution < -0.4 is 10.1 Å². The molecular formula is C20H18N2O6. The minimum atomic E-state index is -1.52. The van der Waals surface area contributed by atoms with Gasteiger partial charge in [-0.3, -0.25) is 14.4 Å². The standard InChI is InChI=1S/C20H18N2O6/c1-28-16-8-9-21-15(16)10-13-17-11(5-3-7-14(17)22-18(13)23)4-2-6-12(19(24)25)20(26)27/h2-5,7-10,12,21H,6H2,1H3,(H,22,23)(H,24,25)(H,26,27). The summed E-state index contributed by atoms with van der Waals surface area (Å²) in [4.78, 5) is 37.5. The number of methoxy groups -OCH3 is 1. The molecule has 1 amide bonds. The van der Waals surface area contributed by atoms with Crippen molar-refractivity contribution in [1.29, 1.82) is 0 Å². The van der Waals surface area contributed by atoms with Gasteiger partial charge in [-0.15, -0.1) is 0 Å². The molecule has 0 saturated carbocycles. The van der Waals surface area contributed by atoms with Gasteiger partial charge in [0.2, 0.25) is 0 Å². The van der Waals surface area contributed by atoms with E-state index in [9.17, 15) is 14.4 Å². The van der Waals surface area contributed by atoms with Gasteiger partial charge in [0.1, 0.15) is 5.75 Å². The van der Waals surface area contributed by atoms with Crippen LogP contribution in [0.15, 0.2) is 36.5 Å². The maximum absolute atomic E-state index is 12.5. The summed E-state index contributed by atoms with van der Waals surface area (Å²) in [6.45, 7) is 0. The zero-order chi connectivity index (χ0) is 20.3. The molecule has 0 atom stereocenters. The van der Waals surface area contributed by atoms with Gasteiger partial charge in [-0.25, -0.2) is 0 Å². The molecule has 1 aromatic carbocycles. The molecule has 0 spiro atoms. The van der Waals surface area contributed by atoms with E-state index in [1.54, 1.807) is 42.6 Å². The number of carboxylic acid groups (broad SMARTS) is 2. The number of rotatable bonds is 7. The number of nitrogens with one attached hydrogen (secondary N) is 2. The quantitative estimate of drug-likeness (QED) is 0.430. The normalized spacial score (nSPS) is 14.5. The molecule has 1 aromatic heterocycles. The van der Waals surface area contributed by atoms with Crippen LogP contribution in [0.4, 0.5) is 5.69 Å². The molecule has 8 heteroatoms. The summed E-state index contributed by atoms with van der Waals surface area (Å²) in [5.41, 5.74) is 3.00. The summed E-state index contributed by atoms with van der Waals surface area (Å²) in [6.07, 6.45) is 6.31. The van der Waals surface area contributed by atoms with Crippen molar-refractivity contribution in [3.05, 3.63) is 53.4 Å². The van der Waals surface area contributed by atoms with E-state index in [1.807, 2.05) is 0 Å². The molecule has 0 bridgehead atoms. The van der Waals surface area contributed by atoms with Crippen molar-refractivity contribution in [2.24, 2.45) is 5.92 Å². The first-order chi connectivity index (χ1) is 13.4. The SMILES string of the molecule is COc1cc[nH]c1C=C1C(=O)Nc2cccc(C=CCC(C(=O)O)C(=O)O)c21. The van der Waals surface area contributed by atoms with Gasteiger partial charge in [-0.2, -0.15) is 0 Å². The zero-order valence-electron chi connectivity index (χ0n) is 14.9. The number of hydrogen-bond acceptors (Lipinski definition) is 4. The fraction of sp³-hybridized carbons (Fsp3) is 0.150. The molecule has 0 fully saturated rings. The Hall–Kier alpha value is -3.81. The molecule has 2 aromatic rings. The van der Waals surface area contributed by atoms with Gasteiger partial charge in [-0.05, 0) is 30.2 Å². The van der Waals surface area contributed by atoms with Crippen LogP contribution in [-0.2, 0) is 14.4 Å². The number of carboxylic acids is 2. The highest BCUT2D eigenvalue weighted by molar-refractivity contribution is 6.35. The summed E-state index contributed by atoms with van der Waals surface area (Å²) in [7, 11) is 1.53. The van der Waals surface area contributed by atoms with E-state index in [4.69, 9.17) is 14.9 Å². The number of aromatic amines is 1. The predicted octanol–water partition coefficient (Wildman–Crippen LogP) is 2.70. The van der Waals surface area contributed by atoms with Crippen molar-refractivity contribution in [2.45, 2.75) is 6.42 Å². The number of amides is 1. The van der Waals surface area contributed by atoms with Crippen molar-refractivity contribution < 1.29 is 29.3 Å². The number of carbonyl (C=O) groups is 3. The van der Waals surface area contributed by atoms with Crippen LogP contribution in [-0.4, -0.2) is 40.2 Å². The number of hydrogen-bond donors (Lipinski definition) is 4. The van der Waals surface area contributed by atoms with Gasteiger partial charge in [-0.1, -0.05) is 24.3 Å². The van der Waals surface area contributed by atoms with E-state index >= 15 is 0 Å². The van der Waals surface area contributed by atoms with Crippen molar-refractivity contribution in [3.8, 4) is 5.75 Å². The van der Waals surface area contributed by atoms with Crippen LogP contribution in [0.2, 0.25) is 0 Å². The fourth-order valence-electron chi connectivity index (χ4n) is 3.00. The first-order valence-corrected chi connectivity index (χ1v) is 8.42. The molecule has 0 aliphatic carbocycles. The number of fused-ring (bicyclic) bond motifs is 1. The fourth-order valence-corrected chi connectivity index (χ4v) is 3.00. The minimum absolute atomic E-state index is 0.167. The van der Waals surface area contributed by atoms with Crippen LogP contribution in [0.5, 0.6) is 5.75 Å². The first-order valence-electron chi connectivity index (χ1n) is 8.42. The molecule has 28 heavy (non-hydrogen) atoms. The summed E-state index contributed by atoms with van der Waals surface area (Å²) < 4.78 is 5.25. The number of anilines is 1. The van der Waals surface area contributed by atoms with Crippen LogP contribution in [0.25, 0.3) is 17.7 Å². The lowest BCUT2D eigenvalue weighted by Crippen LogP contribution is -2.22. The number of allylic oxidation sites excluding steroid dienone is 1. The van der Waals surface area contributed by atoms with Crippen molar-refractivity contribution in [1.82, 2.24) is 4.98 Å². The Morgan fingerprint density at radius 3 is 2.64 bits per heavy atom. The summed E-state index contributed by atoms with van der Waals surface area (Å²) in [5, 5.41) is 20.7. The lowest BCUT2D eigenvalue weighted by atomic mass is 9.98. The molecule has 2 heterocycles. The summed E-state index contributed by atoms with van der Waals surface area (Å²) in [6, 6.07) is 7.02. The number of aromatic nitrogens is 1. The predicted molar refractivity (Wildman–Crippen MR) is 103 cm³/mol. The smallest absolute Gasteiger partial charge is 0.318 e. The van der Waals surface area contributed by atoms with Crippen molar-refractivity contribution >= 4 is 41.3 Å². The van der Waals surface area contributed by atoms with Gasteiger partial charge >= 0.3 is 11.9 Å². The molecule has 1 aliphatic heterocycles. The van der Waals surface area contributed by atoms with E-state index < -0.39 is 17.9 Å². The Morgan fingerprint density at radius 2 is 1.96 bits per heavy atom.